The van der Waals surface area contributed by atoms with Gasteiger partial charge in [0.2, 0.25) is 12.3 Å². The molecule has 2 rings (SSSR count). The monoisotopic (exact) mass is 362 g/mol. The topological polar surface area (TPSA) is 33.8 Å². The van der Waals surface area contributed by atoms with E-state index in [9.17, 15) is 4.79 Å². The van der Waals surface area contributed by atoms with Gasteiger partial charge in [-0.05, 0) is 12.1 Å². The van der Waals surface area contributed by atoms with Gasteiger partial charge in [-0.2, -0.15) is 0 Å². The summed E-state index contributed by atoms with van der Waals surface area (Å²) in [6.07, 6.45) is 0. The van der Waals surface area contributed by atoms with Crippen LogP contribution in [-0.4, -0.2) is 10.9 Å². The lowest BCUT2D eigenvalue weighted by Crippen LogP contribution is -3.00. The lowest BCUT2D eigenvalue weighted by Gasteiger charge is -1.95. The number of halogens is 2. The predicted octanol–water partition coefficient (Wildman–Crippen LogP) is -0.920. The van der Waals surface area contributed by atoms with Crippen molar-refractivity contribution >= 4 is 33.0 Å². The fraction of sp³-hybridized carbons (Fsp3) is 0.100. The second kappa shape index (κ2) is 6.22. The van der Waals surface area contributed by atoms with E-state index >= 15 is 0 Å². The van der Waals surface area contributed by atoms with E-state index < -0.39 is 0 Å². The lowest BCUT2D eigenvalue weighted by molar-refractivity contribution is -0.736. The molecular weight excluding hydrogens is 356 g/mol. The van der Waals surface area contributed by atoms with Crippen molar-refractivity contribution < 1.29 is 26.5 Å². The second-order valence-electron chi connectivity index (χ2n) is 2.99. The summed E-state index contributed by atoms with van der Waals surface area (Å²) in [7, 11) is 0. The molecule has 0 radical (unpaired) electrons. The van der Waals surface area contributed by atoms with Crippen molar-refractivity contribution in [3.05, 3.63) is 45.3 Å². The Bertz CT molecular complexity index is 456. The maximum absolute atomic E-state index is 11.8. The normalized spacial score (nSPS) is 9.56. The minimum absolute atomic E-state index is 0. The molecule has 84 valence electrons. The molecule has 2 aromatic rings. The molecule has 0 saturated carbocycles. The zero-order chi connectivity index (χ0) is 10.7. The molecule has 0 N–H and O–H groups in total. The molecular formula is C10H8Br2N2OS. The Kier molecular flexibility index (Phi) is 5.24. The first-order valence-corrected chi connectivity index (χ1v) is 6.06. The summed E-state index contributed by atoms with van der Waals surface area (Å²) in [5.41, 5.74) is 4.23. The number of hydrogen-bond acceptors (Lipinski definition) is 3. The van der Waals surface area contributed by atoms with E-state index in [-0.39, 0.29) is 22.8 Å². The largest absolute Gasteiger partial charge is 1.00 e. The van der Waals surface area contributed by atoms with Gasteiger partial charge in [0.05, 0.1) is 0 Å². The van der Waals surface area contributed by atoms with Crippen molar-refractivity contribution in [3.8, 4) is 0 Å². The van der Waals surface area contributed by atoms with Gasteiger partial charge >= 0.3 is 0 Å². The lowest BCUT2D eigenvalue weighted by atomic mass is 10.1. The van der Waals surface area contributed by atoms with E-state index in [1.165, 1.54) is 11.3 Å². The average Bonchev–Trinajstić information content (AvgIpc) is 2.71. The number of aromatic nitrogens is 2. The summed E-state index contributed by atoms with van der Waals surface area (Å²) in [5.74, 6) is 0.0680. The number of ketones is 1. The van der Waals surface area contributed by atoms with Crippen LogP contribution in [0.25, 0.3) is 0 Å². The third kappa shape index (κ3) is 3.47. The van der Waals surface area contributed by atoms with Crippen molar-refractivity contribution in [2.24, 2.45) is 0 Å². The second-order valence-corrected chi connectivity index (χ2v) is 4.60. The minimum atomic E-state index is 0. The van der Waals surface area contributed by atoms with Crippen LogP contribution in [0.4, 0.5) is 0 Å². The van der Waals surface area contributed by atoms with Crippen molar-refractivity contribution in [2.75, 3.05) is 0 Å². The molecule has 0 bridgehead atoms. The van der Waals surface area contributed by atoms with Gasteiger partial charge in [-0.15, -0.1) is 0 Å². The molecule has 6 heteroatoms. The van der Waals surface area contributed by atoms with Crippen LogP contribution in [0.5, 0.6) is 0 Å². The highest BCUT2D eigenvalue weighted by molar-refractivity contribution is 9.10. The van der Waals surface area contributed by atoms with Crippen LogP contribution in [0.2, 0.25) is 0 Å². The van der Waals surface area contributed by atoms with Crippen molar-refractivity contribution in [3.63, 3.8) is 0 Å². The van der Waals surface area contributed by atoms with E-state index in [1.54, 1.807) is 22.3 Å². The molecule has 0 amide bonds. The van der Waals surface area contributed by atoms with E-state index in [0.717, 1.165) is 4.47 Å². The Balaban J connectivity index is 0.00000128. The number of carbonyl (C=O) groups excluding carboxylic acids is 1. The van der Waals surface area contributed by atoms with E-state index in [4.69, 9.17) is 0 Å². The molecule has 0 aliphatic heterocycles. The SMILES string of the molecule is O=C(C[n+]1cscn1)c1ccc(Br)cc1.[Br-]. The number of rotatable bonds is 3. The van der Waals surface area contributed by atoms with Crippen LogP contribution in [-0.2, 0) is 6.54 Å². The summed E-state index contributed by atoms with van der Waals surface area (Å²) >= 11 is 4.80. The fourth-order valence-electron chi connectivity index (χ4n) is 1.16. The molecule has 0 saturated heterocycles. The average molecular weight is 364 g/mol. The van der Waals surface area contributed by atoms with Crippen LogP contribution in [0.1, 0.15) is 10.4 Å². The summed E-state index contributed by atoms with van der Waals surface area (Å²) in [5, 5.41) is 4.00. The zero-order valence-electron chi connectivity index (χ0n) is 8.14. The van der Waals surface area contributed by atoms with Gasteiger partial charge in [0.15, 0.2) is 5.51 Å². The third-order valence-electron chi connectivity index (χ3n) is 1.91. The number of nitrogens with zero attached hydrogens (tertiary/aromatic N) is 2. The quantitative estimate of drug-likeness (QED) is 0.522. The molecule has 0 spiro atoms. The third-order valence-corrected chi connectivity index (χ3v) is 3.02. The molecule has 16 heavy (non-hydrogen) atoms. The maximum Gasteiger partial charge on any atom is 0.253 e. The standard InChI is InChI=1S/C10H8BrN2OS.BrH/c11-9-3-1-8(2-4-9)10(14)5-13-7-15-6-12-13;/h1-4,6-7H,5H2;1H/q+1;/p-1. The van der Waals surface area contributed by atoms with Crippen LogP contribution in [0.15, 0.2) is 39.8 Å². The Morgan fingerprint density at radius 1 is 1.38 bits per heavy atom. The van der Waals surface area contributed by atoms with Crippen molar-refractivity contribution in [2.45, 2.75) is 6.54 Å². The summed E-state index contributed by atoms with van der Waals surface area (Å²) in [6, 6.07) is 7.33. The molecule has 0 fully saturated rings. The predicted molar refractivity (Wildman–Crippen MR) is 60.8 cm³/mol. The Labute approximate surface area is 116 Å². The van der Waals surface area contributed by atoms with Gasteiger partial charge in [0.1, 0.15) is 0 Å². The highest BCUT2D eigenvalue weighted by Gasteiger charge is 2.13. The van der Waals surface area contributed by atoms with Crippen LogP contribution >= 0.6 is 27.3 Å². The van der Waals surface area contributed by atoms with E-state index in [1.807, 2.05) is 17.6 Å². The molecule has 1 aromatic carbocycles. The minimum Gasteiger partial charge on any atom is -1.00 e. The van der Waals surface area contributed by atoms with Gasteiger partial charge in [-0.3, -0.25) is 4.79 Å². The highest BCUT2D eigenvalue weighted by atomic mass is 79.9. The summed E-state index contributed by atoms with van der Waals surface area (Å²) in [6.45, 7) is 0.297. The number of carbonyl (C=O) groups is 1. The van der Waals surface area contributed by atoms with Crippen LogP contribution in [0.3, 0.4) is 0 Å². The number of hydrogen-bond donors (Lipinski definition) is 0. The maximum atomic E-state index is 11.8. The molecule has 0 aliphatic carbocycles. The fourth-order valence-corrected chi connectivity index (χ4v) is 1.93. The molecule has 0 aliphatic rings. The molecule has 1 aromatic heterocycles. The summed E-state index contributed by atoms with van der Waals surface area (Å²) in [4.78, 5) is 11.8. The first-order valence-electron chi connectivity index (χ1n) is 4.32. The van der Waals surface area contributed by atoms with E-state index in [0.29, 0.717) is 12.1 Å². The first-order chi connectivity index (χ1) is 7.25. The molecule has 0 unspecified atom stereocenters. The number of Topliss-reactive ketones (excluding diaryl/α,β-unsaturated/α-hetero) is 1. The van der Waals surface area contributed by atoms with Crippen LogP contribution in [0, 0.1) is 0 Å². The van der Waals surface area contributed by atoms with Gasteiger partial charge in [-0.25, -0.2) is 0 Å². The van der Waals surface area contributed by atoms with E-state index in [2.05, 4.69) is 21.0 Å². The van der Waals surface area contributed by atoms with Crippen LogP contribution < -0.4 is 21.7 Å². The molecule has 3 nitrogen and oxygen atoms in total. The Morgan fingerprint density at radius 2 is 2.06 bits per heavy atom. The van der Waals surface area contributed by atoms with Crippen molar-refractivity contribution in [1.29, 1.82) is 0 Å². The number of benzene rings is 1. The van der Waals surface area contributed by atoms with Gasteiger partial charge in [0, 0.05) is 15.1 Å². The van der Waals surface area contributed by atoms with Gasteiger partial charge in [0.25, 0.3) is 5.51 Å². The molecule has 0 atom stereocenters. The Morgan fingerprint density at radius 3 is 2.62 bits per heavy atom. The Hall–Kier alpha value is -0.590. The van der Waals surface area contributed by atoms with Crippen molar-refractivity contribution in [1.82, 2.24) is 5.10 Å². The first kappa shape index (κ1) is 13.5. The van der Waals surface area contributed by atoms with Gasteiger partial charge < -0.3 is 17.0 Å². The highest BCUT2D eigenvalue weighted by Crippen LogP contribution is 2.10. The zero-order valence-corrected chi connectivity index (χ0v) is 12.1. The summed E-state index contributed by atoms with van der Waals surface area (Å²) < 4.78 is 2.61. The smallest absolute Gasteiger partial charge is 0.253 e. The van der Waals surface area contributed by atoms with Gasteiger partial charge in [-0.1, -0.05) is 44.1 Å². The molecule has 1 heterocycles.